The fourth-order valence-electron chi connectivity index (χ4n) is 2.14. The Kier molecular flexibility index (Phi) is 3.76. The molecule has 0 saturated carbocycles. The minimum absolute atomic E-state index is 0.679. The molecule has 0 aromatic carbocycles. The van der Waals surface area contributed by atoms with Crippen molar-refractivity contribution in [1.29, 1.82) is 0 Å². The maximum Gasteiger partial charge on any atom is 0.112 e. The lowest BCUT2D eigenvalue weighted by Crippen LogP contribution is -2.25. The van der Waals surface area contributed by atoms with Crippen molar-refractivity contribution in [3.63, 3.8) is 0 Å². The Labute approximate surface area is 94.7 Å². The van der Waals surface area contributed by atoms with Crippen LogP contribution in [-0.2, 0) is 6.42 Å². The molecule has 1 unspecified atom stereocenters. The van der Waals surface area contributed by atoms with E-state index in [1.165, 1.54) is 4.88 Å². The molecule has 15 heavy (non-hydrogen) atoms. The van der Waals surface area contributed by atoms with Gasteiger partial charge in [0, 0.05) is 4.88 Å². The number of thiophene rings is 1. The zero-order chi connectivity index (χ0) is 10.6. The van der Waals surface area contributed by atoms with Crippen molar-refractivity contribution in [2.45, 2.75) is 37.8 Å². The topological polar surface area (TPSA) is 12.0 Å². The molecule has 1 aliphatic heterocycles. The summed E-state index contributed by atoms with van der Waals surface area (Å²) in [6.07, 6.45) is 3.97. The Balaban J connectivity index is 1.86. The first-order valence-corrected chi connectivity index (χ1v) is 6.59. The van der Waals surface area contributed by atoms with Crippen LogP contribution in [0.4, 0.5) is 4.39 Å². The van der Waals surface area contributed by atoms with E-state index in [1.807, 2.05) is 6.07 Å². The molecular weight excluding hydrogens is 209 g/mol. The fraction of sp³-hybridized carbons (Fsp3) is 0.667. The molecular formula is C12H18FNS. The van der Waals surface area contributed by atoms with E-state index >= 15 is 0 Å². The maximum absolute atomic E-state index is 14.4. The Morgan fingerprint density at radius 2 is 2.33 bits per heavy atom. The molecule has 1 aromatic rings. The standard InChI is InChI=1S/C12H18FNS/c13-12(5-2-8-14-9-7-12)6-4-11-3-1-10-15-11/h1,3,10,14H,2,4-9H2. The molecule has 0 aliphatic carbocycles. The van der Waals surface area contributed by atoms with Crippen LogP contribution in [-0.4, -0.2) is 18.8 Å². The summed E-state index contributed by atoms with van der Waals surface area (Å²) < 4.78 is 14.4. The molecule has 1 fully saturated rings. The van der Waals surface area contributed by atoms with Crippen molar-refractivity contribution in [1.82, 2.24) is 5.32 Å². The minimum Gasteiger partial charge on any atom is -0.317 e. The summed E-state index contributed by atoms with van der Waals surface area (Å²) in [5, 5.41) is 5.32. The van der Waals surface area contributed by atoms with Crippen molar-refractivity contribution >= 4 is 11.3 Å². The first-order chi connectivity index (χ1) is 7.29. The van der Waals surface area contributed by atoms with E-state index in [1.54, 1.807) is 11.3 Å². The predicted octanol–water partition coefficient (Wildman–Crippen LogP) is 3.16. The van der Waals surface area contributed by atoms with E-state index in [0.717, 1.165) is 32.4 Å². The first-order valence-electron chi connectivity index (χ1n) is 5.71. The smallest absolute Gasteiger partial charge is 0.112 e. The van der Waals surface area contributed by atoms with Crippen LogP contribution >= 0.6 is 11.3 Å². The van der Waals surface area contributed by atoms with Crippen LogP contribution in [0.5, 0.6) is 0 Å². The molecule has 1 saturated heterocycles. The maximum atomic E-state index is 14.4. The van der Waals surface area contributed by atoms with Crippen LogP contribution in [0.25, 0.3) is 0 Å². The molecule has 0 bridgehead atoms. The number of rotatable bonds is 3. The normalized spacial score (nSPS) is 27.5. The van der Waals surface area contributed by atoms with Gasteiger partial charge in [-0.15, -0.1) is 11.3 Å². The lowest BCUT2D eigenvalue weighted by atomic mass is 9.91. The van der Waals surface area contributed by atoms with Gasteiger partial charge < -0.3 is 5.32 Å². The van der Waals surface area contributed by atoms with Crippen LogP contribution in [0.3, 0.4) is 0 Å². The van der Waals surface area contributed by atoms with Crippen molar-refractivity contribution < 1.29 is 4.39 Å². The highest BCUT2D eigenvalue weighted by atomic mass is 32.1. The van der Waals surface area contributed by atoms with Gasteiger partial charge >= 0.3 is 0 Å². The molecule has 1 nitrogen and oxygen atoms in total. The first kappa shape index (κ1) is 11.1. The number of aryl methyl sites for hydroxylation is 1. The van der Waals surface area contributed by atoms with Crippen LogP contribution in [0.15, 0.2) is 17.5 Å². The van der Waals surface area contributed by atoms with Crippen molar-refractivity contribution in [2.24, 2.45) is 0 Å². The third kappa shape index (κ3) is 3.28. The van der Waals surface area contributed by atoms with Gasteiger partial charge in [0.05, 0.1) is 0 Å². The molecule has 3 heteroatoms. The Morgan fingerprint density at radius 3 is 3.13 bits per heavy atom. The lowest BCUT2D eigenvalue weighted by Gasteiger charge is -2.22. The Morgan fingerprint density at radius 1 is 1.40 bits per heavy atom. The van der Waals surface area contributed by atoms with Crippen LogP contribution < -0.4 is 5.32 Å². The van der Waals surface area contributed by atoms with E-state index in [9.17, 15) is 4.39 Å². The second kappa shape index (κ2) is 5.08. The molecule has 1 aliphatic rings. The van der Waals surface area contributed by atoms with Crippen LogP contribution in [0.2, 0.25) is 0 Å². The third-order valence-corrected chi connectivity index (χ3v) is 4.06. The summed E-state index contributed by atoms with van der Waals surface area (Å²) in [6.45, 7) is 1.81. The highest BCUT2D eigenvalue weighted by Gasteiger charge is 2.29. The summed E-state index contributed by atoms with van der Waals surface area (Å²) in [7, 11) is 0. The van der Waals surface area contributed by atoms with Gasteiger partial charge in [-0.2, -0.15) is 0 Å². The summed E-state index contributed by atoms with van der Waals surface area (Å²) in [6, 6.07) is 4.14. The SMILES string of the molecule is FC1(CCc2cccs2)CCCNCC1. The second-order valence-corrected chi connectivity index (χ2v) is 5.37. The second-order valence-electron chi connectivity index (χ2n) is 4.33. The predicted molar refractivity (Wildman–Crippen MR) is 63.2 cm³/mol. The van der Waals surface area contributed by atoms with Crippen molar-refractivity contribution in [3.05, 3.63) is 22.4 Å². The quantitative estimate of drug-likeness (QED) is 0.836. The van der Waals surface area contributed by atoms with Gasteiger partial charge in [0.15, 0.2) is 0 Å². The summed E-state index contributed by atoms with van der Waals surface area (Å²) in [4.78, 5) is 1.31. The van der Waals surface area contributed by atoms with Crippen molar-refractivity contribution in [2.75, 3.05) is 13.1 Å². The average molecular weight is 227 g/mol. The zero-order valence-electron chi connectivity index (χ0n) is 8.97. The van der Waals surface area contributed by atoms with E-state index in [-0.39, 0.29) is 0 Å². The molecule has 0 spiro atoms. The van der Waals surface area contributed by atoms with Gasteiger partial charge in [-0.25, -0.2) is 4.39 Å². The zero-order valence-corrected chi connectivity index (χ0v) is 9.78. The highest BCUT2D eigenvalue weighted by molar-refractivity contribution is 7.09. The molecule has 1 aromatic heterocycles. The van der Waals surface area contributed by atoms with Crippen LogP contribution in [0.1, 0.15) is 30.6 Å². The number of nitrogens with one attached hydrogen (secondary N) is 1. The number of hydrogen-bond donors (Lipinski definition) is 1. The number of hydrogen-bond acceptors (Lipinski definition) is 2. The van der Waals surface area contributed by atoms with E-state index in [4.69, 9.17) is 0 Å². The van der Waals surface area contributed by atoms with Crippen LogP contribution in [0, 0.1) is 0 Å². The average Bonchev–Trinajstić information content (AvgIpc) is 2.65. The largest absolute Gasteiger partial charge is 0.317 e. The Bertz CT molecular complexity index is 276. The molecule has 1 N–H and O–H groups in total. The van der Waals surface area contributed by atoms with Gasteiger partial charge in [0.1, 0.15) is 5.67 Å². The number of halogens is 1. The number of alkyl halides is 1. The van der Waals surface area contributed by atoms with E-state index < -0.39 is 5.67 Å². The van der Waals surface area contributed by atoms with Gasteiger partial charge in [0.2, 0.25) is 0 Å². The minimum atomic E-state index is -0.923. The molecule has 2 heterocycles. The van der Waals surface area contributed by atoms with E-state index in [2.05, 4.69) is 16.8 Å². The van der Waals surface area contributed by atoms with Crippen molar-refractivity contribution in [3.8, 4) is 0 Å². The highest BCUT2D eigenvalue weighted by Crippen LogP contribution is 2.30. The molecule has 0 amide bonds. The third-order valence-electron chi connectivity index (χ3n) is 3.13. The lowest BCUT2D eigenvalue weighted by molar-refractivity contribution is 0.132. The van der Waals surface area contributed by atoms with Gasteiger partial charge in [-0.3, -0.25) is 0 Å². The van der Waals surface area contributed by atoms with Gasteiger partial charge in [-0.1, -0.05) is 6.07 Å². The molecule has 0 radical (unpaired) electrons. The van der Waals surface area contributed by atoms with Gasteiger partial charge in [-0.05, 0) is 56.6 Å². The molecule has 1 atom stereocenters. The fourth-order valence-corrected chi connectivity index (χ4v) is 2.85. The molecule has 84 valence electrons. The molecule has 2 rings (SSSR count). The summed E-state index contributed by atoms with van der Waals surface area (Å²) >= 11 is 1.73. The summed E-state index contributed by atoms with van der Waals surface area (Å²) in [5.41, 5.74) is -0.923. The van der Waals surface area contributed by atoms with Gasteiger partial charge in [0.25, 0.3) is 0 Å². The summed E-state index contributed by atoms with van der Waals surface area (Å²) in [5.74, 6) is 0. The monoisotopic (exact) mass is 227 g/mol. The Hall–Kier alpha value is -0.410. The van der Waals surface area contributed by atoms with E-state index in [0.29, 0.717) is 12.8 Å².